The fourth-order valence-electron chi connectivity index (χ4n) is 3.39. The summed E-state index contributed by atoms with van der Waals surface area (Å²) in [4.78, 5) is 13.3. The van der Waals surface area contributed by atoms with Crippen LogP contribution < -0.4 is 10.6 Å². The predicted molar refractivity (Wildman–Crippen MR) is 96.9 cm³/mol. The van der Waals surface area contributed by atoms with Crippen LogP contribution in [-0.2, 0) is 9.36 Å². The highest BCUT2D eigenvalue weighted by Gasteiger charge is 2.33. The molecule has 126 valence electrons. The first kappa shape index (κ1) is 16.9. The summed E-state index contributed by atoms with van der Waals surface area (Å²) in [6.45, 7) is 1.30. The van der Waals surface area contributed by atoms with Gasteiger partial charge in [-0.2, -0.15) is 0 Å². The molecule has 1 fully saturated rings. The predicted octanol–water partition coefficient (Wildman–Crippen LogP) is 2.55. The van der Waals surface area contributed by atoms with Gasteiger partial charge < -0.3 is 9.67 Å². The lowest BCUT2D eigenvalue weighted by atomic mass is 10.2. The van der Waals surface area contributed by atoms with Gasteiger partial charge in [0.1, 0.15) is 13.2 Å². The highest BCUT2D eigenvalue weighted by atomic mass is 31.2. The van der Waals surface area contributed by atoms with E-state index in [0.717, 1.165) is 23.6 Å². The zero-order valence-corrected chi connectivity index (χ0v) is 14.4. The van der Waals surface area contributed by atoms with Crippen molar-refractivity contribution in [1.82, 2.24) is 4.90 Å². The third-order valence-corrected chi connectivity index (χ3v) is 7.79. The second kappa shape index (κ2) is 7.33. The van der Waals surface area contributed by atoms with Crippen molar-refractivity contribution in [1.29, 1.82) is 0 Å². The maximum Gasteiger partial charge on any atom is 0.320 e. The molecular weight excluding hydrogens is 321 g/mol. The number of carbonyl (C=O) groups is 1. The van der Waals surface area contributed by atoms with Crippen molar-refractivity contribution in [3.05, 3.63) is 60.7 Å². The molecular formula is C19H22NO3P. The molecule has 4 nitrogen and oxygen atoms in total. The van der Waals surface area contributed by atoms with Crippen molar-refractivity contribution in [2.75, 3.05) is 19.3 Å². The van der Waals surface area contributed by atoms with E-state index < -0.39 is 19.2 Å². The lowest BCUT2D eigenvalue weighted by Gasteiger charge is -2.25. The van der Waals surface area contributed by atoms with Crippen LogP contribution in [0.5, 0.6) is 0 Å². The summed E-state index contributed by atoms with van der Waals surface area (Å²) in [6.07, 6.45) is 2.03. The molecule has 1 aliphatic heterocycles. The minimum absolute atomic E-state index is 0.440. The number of rotatable bonds is 6. The third-order valence-electron chi connectivity index (χ3n) is 4.70. The second-order valence-corrected chi connectivity index (χ2v) is 9.13. The molecule has 24 heavy (non-hydrogen) atoms. The molecule has 0 bridgehead atoms. The molecule has 0 radical (unpaired) electrons. The van der Waals surface area contributed by atoms with Crippen LogP contribution in [0.2, 0.25) is 0 Å². The molecule has 0 aliphatic carbocycles. The molecule has 1 N–H and O–H groups in total. The minimum Gasteiger partial charge on any atom is -0.480 e. The smallest absolute Gasteiger partial charge is 0.320 e. The summed E-state index contributed by atoms with van der Waals surface area (Å²) in [5.41, 5.74) is 0. The standard InChI is InChI=1S/C19H22NO3P/c21-19(22)18-12-7-13-20(18)14-15-24(23,16-8-3-1-4-9-16)17-10-5-2-6-11-17/h1-6,8-11,18H,7,12-15H2,(H,21,22)/t18-/m0/s1. The van der Waals surface area contributed by atoms with Crippen LogP contribution in [-0.4, -0.2) is 41.3 Å². The van der Waals surface area contributed by atoms with Crippen LogP contribution in [0, 0.1) is 0 Å². The Morgan fingerprint density at radius 2 is 1.58 bits per heavy atom. The van der Waals surface area contributed by atoms with Crippen molar-refractivity contribution in [3.8, 4) is 0 Å². The van der Waals surface area contributed by atoms with Gasteiger partial charge in [0.25, 0.3) is 0 Å². The molecule has 0 saturated carbocycles. The lowest BCUT2D eigenvalue weighted by molar-refractivity contribution is -0.142. The lowest BCUT2D eigenvalue weighted by Crippen LogP contribution is -2.38. The van der Waals surface area contributed by atoms with Crippen LogP contribution in [0.1, 0.15) is 12.8 Å². The van der Waals surface area contributed by atoms with Crippen molar-refractivity contribution in [3.63, 3.8) is 0 Å². The topological polar surface area (TPSA) is 57.6 Å². The quantitative estimate of drug-likeness (QED) is 0.819. The Kier molecular flexibility index (Phi) is 5.17. The van der Waals surface area contributed by atoms with E-state index in [1.165, 1.54) is 0 Å². The van der Waals surface area contributed by atoms with Crippen LogP contribution in [0.4, 0.5) is 0 Å². The Hall–Kier alpha value is -1.90. The number of carboxylic acids is 1. The van der Waals surface area contributed by atoms with Crippen molar-refractivity contribution >= 4 is 23.7 Å². The Labute approximate surface area is 142 Å². The molecule has 0 unspecified atom stereocenters. The monoisotopic (exact) mass is 343 g/mol. The van der Waals surface area contributed by atoms with E-state index in [-0.39, 0.29) is 0 Å². The van der Waals surface area contributed by atoms with Gasteiger partial charge >= 0.3 is 5.97 Å². The van der Waals surface area contributed by atoms with Gasteiger partial charge in [-0.25, -0.2) is 0 Å². The number of likely N-dealkylation sites (tertiary alicyclic amines) is 1. The summed E-state index contributed by atoms with van der Waals surface area (Å²) in [5, 5.41) is 11.0. The molecule has 1 heterocycles. The van der Waals surface area contributed by atoms with Gasteiger partial charge in [-0.15, -0.1) is 0 Å². The summed E-state index contributed by atoms with van der Waals surface area (Å²) < 4.78 is 13.9. The first-order valence-electron chi connectivity index (χ1n) is 8.28. The average molecular weight is 343 g/mol. The van der Waals surface area contributed by atoms with Gasteiger partial charge in [0, 0.05) is 23.3 Å². The fourth-order valence-corrected chi connectivity index (χ4v) is 6.05. The normalized spacial score (nSPS) is 18.6. The maximum atomic E-state index is 13.9. The third kappa shape index (κ3) is 3.45. The van der Waals surface area contributed by atoms with Crippen molar-refractivity contribution in [2.24, 2.45) is 0 Å². The Bertz CT molecular complexity index is 689. The maximum absolute atomic E-state index is 13.9. The van der Waals surface area contributed by atoms with Crippen molar-refractivity contribution in [2.45, 2.75) is 18.9 Å². The zero-order valence-electron chi connectivity index (χ0n) is 13.5. The van der Waals surface area contributed by atoms with Crippen LogP contribution in [0.3, 0.4) is 0 Å². The zero-order chi connectivity index (χ0) is 17.0. The molecule has 0 spiro atoms. The SMILES string of the molecule is O=C(O)[C@@H]1CCCN1CCP(=O)(c1ccccc1)c1ccccc1. The highest BCUT2D eigenvalue weighted by Crippen LogP contribution is 2.43. The number of hydrogen-bond donors (Lipinski definition) is 1. The second-order valence-electron chi connectivity index (χ2n) is 6.17. The number of nitrogens with zero attached hydrogens (tertiary/aromatic N) is 1. The summed E-state index contributed by atoms with van der Waals surface area (Å²) in [5.74, 6) is -0.776. The Balaban J connectivity index is 1.87. The van der Waals surface area contributed by atoms with Crippen LogP contribution in [0.25, 0.3) is 0 Å². The largest absolute Gasteiger partial charge is 0.480 e. The van der Waals surface area contributed by atoms with E-state index in [1.807, 2.05) is 65.6 Å². The highest BCUT2D eigenvalue weighted by molar-refractivity contribution is 7.78. The van der Waals surface area contributed by atoms with Crippen LogP contribution in [0.15, 0.2) is 60.7 Å². The van der Waals surface area contributed by atoms with Crippen LogP contribution >= 0.6 is 7.14 Å². The molecule has 0 amide bonds. The van der Waals surface area contributed by atoms with Gasteiger partial charge in [-0.05, 0) is 19.4 Å². The van der Waals surface area contributed by atoms with E-state index in [4.69, 9.17) is 0 Å². The first-order valence-corrected chi connectivity index (χ1v) is 10.2. The molecule has 2 aromatic rings. The van der Waals surface area contributed by atoms with Gasteiger partial charge in [0.2, 0.25) is 0 Å². The number of benzene rings is 2. The van der Waals surface area contributed by atoms with E-state index in [0.29, 0.717) is 19.1 Å². The molecule has 1 atom stereocenters. The van der Waals surface area contributed by atoms with Gasteiger partial charge in [-0.3, -0.25) is 9.69 Å². The van der Waals surface area contributed by atoms with E-state index in [9.17, 15) is 14.5 Å². The minimum atomic E-state index is -2.77. The first-order chi connectivity index (χ1) is 11.6. The van der Waals surface area contributed by atoms with E-state index in [2.05, 4.69) is 0 Å². The summed E-state index contributed by atoms with van der Waals surface area (Å²) in [7, 11) is -2.77. The molecule has 2 aromatic carbocycles. The van der Waals surface area contributed by atoms with Gasteiger partial charge in [0.15, 0.2) is 0 Å². The molecule has 1 saturated heterocycles. The Morgan fingerprint density at radius 3 is 2.08 bits per heavy atom. The average Bonchev–Trinajstić information content (AvgIpc) is 3.10. The van der Waals surface area contributed by atoms with Gasteiger partial charge in [-0.1, -0.05) is 60.7 Å². The number of hydrogen-bond acceptors (Lipinski definition) is 3. The fraction of sp³-hybridized carbons (Fsp3) is 0.316. The van der Waals surface area contributed by atoms with Gasteiger partial charge in [0.05, 0.1) is 0 Å². The molecule has 5 heteroatoms. The molecule has 0 aromatic heterocycles. The Morgan fingerprint density at radius 1 is 1.04 bits per heavy atom. The summed E-state index contributed by atoms with van der Waals surface area (Å²) in [6, 6.07) is 18.6. The van der Waals surface area contributed by atoms with E-state index in [1.54, 1.807) is 0 Å². The summed E-state index contributed by atoms with van der Waals surface area (Å²) >= 11 is 0. The van der Waals surface area contributed by atoms with Crippen molar-refractivity contribution < 1.29 is 14.5 Å². The van der Waals surface area contributed by atoms with E-state index >= 15 is 0 Å². The number of carboxylic acid groups (broad SMARTS) is 1. The number of aliphatic carboxylic acids is 1. The molecule has 1 aliphatic rings. The molecule has 3 rings (SSSR count).